The molecule has 4 heterocycles. The molecule has 5 atom stereocenters. The Hall–Kier alpha value is -0.200. The minimum atomic E-state index is -0.759. The van der Waals surface area contributed by atoms with Crippen LogP contribution in [0.4, 0.5) is 0 Å². The molecule has 0 amide bonds. The van der Waals surface area contributed by atoms with Gasteiger partial charge in [-0.3, -0.25) is 0 Å². The van der Waals surface area contributed by atoms with Crippen molar-refractivity contribution in [2.24, 2.45) is 23.2 Å². The summed E-state index contributed by atoms with van der Waals surface area (Å²) < 4.78 is 30.0. The lowest BCUT2D eigenvalue weighted by atomic mass is 9.72. The SMILES string of the molecule is CCC1(C2CC3OC3C2)COC2(CCC(C3CC4OC4C3)CO2)OC1. The van der Waals surface area contributed by atoms with Crippen LogP contribution in [0, 0.1) is 23.2 Å². The molecule has 6 aliphatic rings. The normalized spacial score (nSPS) is 59.6. The molecule has 5 nitrogen and oxygen atoms in total. The van der Waals surface area contributed by atoms with E-state index in [9.17, 15) is 0 Å². The first-order valence-electron chi connectivity index (χ1n) is 10.4. The summed E-state index contributed by atoms with van der Waals surface area (Å²) in [5.41, 5.74) is 0.159. The van der Waals surface area contributed by atoms with Crippen LogP contribution in [-0.4, -0.2) is 50.2 Å². The van der Waals surface area contributed by atoms with Crippen molar-refractivity contribution in [3.05, 3.63) is 0 Å². The molecule has 25 heavy (non-hydrogen) atoms. The van der Waals surface area contributed by atoms with E-state index in [2.05, 4.69) is 6.92 Å². The predicted octanol–water partition coefficient (Wildman–Crippen LogP) is 2.86. The number of hydrogen-bond acceptors (Lipinski definition) is 5. The Labute approximate surface area is 149 Å². The fourth-order valence-corrected chi connectivity index (χ4v) is 6.09. The maximum absolute atomic E-state index is 6.31. The molecule has 6 fully saturated rings. The third-order valence-electron chi connectivity index (χ3n) is 8.21. The fraction of sp³-hybridized carbons (Fsp3) is 1.00. The summed E-state index contributed by atoms with van der Waals surface area (Å²) >= 11 is 0. The highest BCUT2D eigenvalue weighted by Gasteiger charge is 2.58. The van der Waals surface area contributed by atoms with Gasteiger partial charge in [-0.05, 0) is 56.3 Å². The first kappa shape index (κ1) is 15.8. The zero-order valence-electron chi connectivity index (χ0n) is 15.2. The minimum Gasteiger partial charge on any atom is -0.370 e. The molecule has 0 aromatic heterocycles. The first-order chi connectivity index (χ1) is 12.2. The Bertz CT molecular complexity index is 512. The van der Waals surface area contributed by atoms with Gasteiger partial charge in [0.15, 0.2) is 0 Å². The highest BCUT2D eigenvalue weighted by molar-refractivity contribution is 5.03. The molecule has 0 aromatic rings. The Morgan fingerprint density at radius 1 is 0.800 bits per heavy atom. The first-order valence-corrected chi connectivity index (χ1v) is 10.4. The van der Waals surface area contributed by atoms with Crippen molar-refractivity contribution in [1.82, 2.24) is 0 Å². The van der Waals surface area contributed by atoms with Crippen LogP contribution in [0.1, 0.15) is 51.9 Å². The van der Waals surface area contributed by atoms with Crippen LogP contribution in [0.5, 0.6) is 0 Å². The highest BCUT2D eigenvalue weighted by Crippen LogP contribution is 2.54. The largest absolute Gasteiger partial charge is 0.370 e. The molecule has 2 saturated carbocycles. The van der Waals surface area contributed by atoms with Crippen LogP contribution in [0.2, 0.25) is 0 Å². The molecule has 0 N–H and O–H groups in total. The lowest BCUT2D eigenvalue weighted by Gasteiger charge is -2.50. The van der Waals surface area contributed by atoms with E-state index in [-0.39, 0.29) is 5.41 Å². The summed E-state index contributed by atoms with van der Waals surface area (Å²) in [5.74, 6) is 1.36. The van der Waals surface area contributed by atoms with Gasteiger partial charge in [0.05, 0.1) is 44.2 Å². The number of epoxide rings is 2. The van der Waals surface area contributed by atoms with E-state index >= 15 is 0 Å². The Morgan fingerprint density at radius 3 is 2.00 bits per heavy atom. The van der Waals surface area contributed by atoms with Gasteiger partial charge < -0.3 is 23.7 Å². The van der Waals surface area contributed by atoms with Gasteiger partial charge in [0.2, 0.25) is 0 Å². The minimum absolute atomic E-state index is 0.159. The van der Waals surface area contributed by atoms with Crippen molar-refractivity contribution in [2.75, 3.05) is 19.8 Å². The van der Waals surface area contributed by atoms with E-state index in [1.165, 1.54) is 25.7 Å². The van der Waals surface area contributed by atoms with E-state index in [0.717, 1.165) is 45.0 Å². The topological polar surface area (TPSA) is 52.8 Å². The lowest BCUT2D eigenvalue weighted by molar-refractivity contribution is -0.439. The average molecular weight is 350 g/mol. The van der Waals surface area contributed by atoms with Crippen LogP contribution in [0.15, 0.2) is 0 Å². The van der Waals surface area contributed by atoms with Crippen LogP contribution in [0.25, 0.3) is 0 Å². The number of rotatable bonds is 3. The van der Waals surface area contributed by atoms with Crippen LogP contribution >= 0.6 is 0 Å². The third-order valence-corrected chi connectivity index (χ3v) is 8.21. The van der Waals surface area contributed by atoms with Crippen LogP contribution in [-0.2, 0) is 23.7 Å². The molecule has 5 heteroatoms. The van der Waals surface area contributed by atoms with Crippen LogP contribution in [0.3, 0.4) is 0 Å². The van der Waals surface area contributed by atoms with E-state index in [0.29, 0.717) is 36.3 Å². The smallest absolute Gasteiger partial charge is 0.282 e. The molecule has 0 radical (unpaired) electrons. The fourth-order valence-electron chi connectivity index (χ4n) is 6.09. The summed E-state index contributed by atoms with van der Waals surface area (Å²) in [4.78, 5) is 0. The zero-order valence-corrected chi connectivity index (χ0v) is 15.2. The molecule has 140 valence electrons. The maximum atomic E-state index is 6.31. The standard InChI is InChI=1S/C20H30O5/c1-2-19(14-7-17-18(8-14)25-17)10-22-20(23-11-19)4-3-12(9-21-20)13-5-15-16(6-13)24-15/h12-18H,2-11H2,1H3. The summed E-state index contributed by atoms with van der Waals surface area (Å²) in [6.45, 7) is 4.62. The Kier molecular flexibility index (Phi) is 3.43. The zero-order chi connectivity index (χ0) is 16.6. The quantitative estimate of drug-likeness (QED) is 0.733. The summed E-state index contributed by atoms with van der Waals surface area (Å²) in [7, 11) is 0. The van der Waals surface area contributed by atoms with Gasteiger partial charge in [-0.1, -0.05) is 6.92 Å². The molecule has 1 spiro atoms. The van der Waals surface area contributed by atoms with Gasteiger partial charge in [0, 0.05) is 11.8 Å². The number of ether oxygens (including phenoxy) is 5. The maximum Gasteiger partial charge on any atom is 0.282 e. The number of fused-ring (bicyclic) bond motifs is 2. The van der Waals surface area contributed by atoms with Crippen LogP contribution < -0.4 is 0 Å². The lowest BCUT2D eigenvalue weighted by Crippen LogP contribution is -2.55. The molecular formula is C20H30O5. The Morgan fingerprint density at radius 2 is 1.44 bits per heavy atom. The van der Waals surface area contributed by atoms with Gasteiger partial charge in [-0.25, -0.2) is 0 Å². The van der Waals surface area contributed by atoms with Crippen molar-refractivity contribution in [3.8, 4) is 0 Å². The summed E-state index contributed by atoms with van der Waals surface area (Å²) in [5, 5.41) is 0. The van der Waals surface area contributed by atoms with Gasteiger partial charge in [0.1, 0.15) is 0 Å². The van der Waals surface area contributed by atoms with Crippen molar-refractivity contribution in [2.45, 2.75) is 82.3 Å². The molecule has 6 rings (SSSR count). The van der Waals surface area contributed by atoms with E-state index in [1.807, 2.05) is 0 Å². The molecular weight excluding hydrogens is 320 g/mol. The Balaban J connectivity index is 1.06. The predicted molar refractivity (Wildman–Crippen MR) is 88.8 cm³/mol. The molecule has 5 unspecified atom stereocenters. The summed E-state index contributed by atoms with van der Waals surface area (Å²) in [6, 6.07) is 0. The second-order valence-electron chi connectivity index (χ2n) is 9.41. The van der Waals surface area contributed by atoms with E-state index in [4.69, 9.17) is 23.7 Å². The number of hydrogen-bond donors (Lipinski definition) is 0. The average Bonchev–Trinajstić information content (AvgIpc) is 3.49. The monoisotopic (exact) mass is 350 g/mol. The molecule has 0 aromatic carbocycles. The molecule has 2 aliphatic carbocycles. The molecule has 0 bridgehead atoms. The van der Waals surface area contributed by atoms with Crippen molar-refractivity contribution >= 4 is 0 Å². The molecule has 4 saturated heterocycles. The van der Waals surface area contributed by atoms with Gasteiger partial charge >= 0.3 is 0 Å². The summed E-state index contributed by atoms with van der Waals surface area (Å²) in [6.07, 6.45) is 10.2. The highest BCUT2D eigenvalue weighted by atomic mass is 16.9. The molecule has 4 aliphatic heterocycles. The van der Waals surface area contributed by atoms with E-state index < -0.39 is 5.97 Å². The van der Waals surface area contributed by atoms with Crippen molar-refractivity contribution in [1.29, 1.82) is 0 Å². The second-order valence-corrected chi connectivity index (χ2v) is 9.41. The van der Waals surface area contributed by atoms with Crippen molar-refractivity contribution < 1.29 is 23.7 Å². The second kappa shape index (κ2) is 5.41. The van der Waals surface area contributed by atoms with Gasteiger partial charge in [-0.15, -0.1) is 0 Å². The third kappa shape index (κ3) is 2.53. The van der Waals surface area contributed by atoms with E-state index in [1.54, 1.807) is 0 Å². The van der Waals surface area contributed by atoms with Crippen molar-refractivity contribution in [3.63, 3.8) is 0 Å². The van der Waals surface area contributed by atoms with Gasteiger partial charge in [-0.2, -0.15) is 0 Å². The van der Waals surface area contributed by atoms with Gasteiger partial charge in [0.25, 0.3) is 5.97 Å².